The molecule has 0 unspecified atom stereocenters. The Bertz CT molecular complexity index is 1160. The smallest absolute Gasteiger partial charge is 0.251 e. The molecular weight excluding hydrogens is 438 g/mol. The van der Waals surface area contributed by atoms with Crippen molar-refractivity contribution < 1.29 is 34.3 Å². The molecule has 34 heavy (non-hydrogen) atoms. The summed E-state index contributed by atoms with van der Waals surface area (Å²) in [4.78, 5) is 13.3. The number of carbonyl (C=O) groups excluding carboxylic acids is 1. The molecule has 0 fully saturated rings. The Labute approximate surface area is 197 Å². The third kappa shape index (κ3) is 5.72. The molecule has 3 rings (SSSR count). The number of amides is 1. The highest BCUT2D eigenvalue weighted by atomic mass is 16.5. The Morgan fingerprint density at radius 2 is 1.47 bits per heavy atom. The quantitative estimate of drug-likeness (QED) is 0.281. The van der Waals surface area contributed by atoms with Crippen molar-refractivity contribution in [1.82, 2.24) is 5.32 Å². The zero-order valence-corrected chi connectivity index (χ0v) is 19.2. The predicted molar refractivity (Wildman–Crippen MR) is 129 cm³/mol. The molecule has 3 aromatic carbocycles. The number of carbonyl (C=O) groups is 1. The topological polar surface area (TPSA) is 117 Å². The van der Waals surface area contributed by atoms with Crippen LogP contribution in [0.4, 0.5) is 0 Å². The van der Waals surface area contributed by atoms with E-state index in [4.69, 9.17) is 14.2 Å². The molecule has 0 atom stereocenters. The number of phenols is 3. The summed E-state index contributed by atoms with van der Waals surface area (Å²) < 4.78 is 15.7. The first kappa shape index (κ1) is 24.3. The maximum atomic E-state index is 13.3. The minimum absolute atomic E-state index is 0.0208. The summed E-state index contributed by atoms with van der Waals surface area (Å²) in [5.41, 5.74) is 2.32. The van der Waals surface area contributed by atoms with Gasteiger partial charge in [-0.05, 0) is 65.6 Å². The van der Waals surface area contributed by atoms with Gasteiger partial charge in [0, 0.05) is 12.1 Å². The minimum Gasteiger partial charge on any atom is -0.508 e. The largest absolute Gasteiger partial charge is 0.508 e. The van der Waals surface area contributed by atoms with Crippen molar-refractivity contribution in [3.05, 3.63) is 71.3 Å². The van der Waals surface area contributed by atoms with Gasteiger partial charge in [-0.25, -0.2) is 0 Å². The van der Waals surface area contributed by atoms with Crippen LogP contribution in [-0.4, -0.2) is 49.1 Å². The fourth-order valence-electron chi connectivity index (χ4n) is 3.36. The number of methoxy groups -OCH3 is 3. The van der Waals surface area contributed by atoms with Crippen molar-refractivity contribution in [3.8, 4) is 34.5 Å². The van der Waals surface area contributed by atoms with Gasteiger partial charge in [0.15, 0.2) is 23.0 Å². The van der Waals surface area contributed by atoms with Crippen molar-refractivity contribution >= 4 is 17.6 Å². The van der Waals surface area contributed by atoms with Crippen LogP contribution in [0.25, 0.3) is 11.6 Å². The fraction of sp³-hybridized carbons (Fsp3) is 0.192. The standard InChI is InChI=1S/C26H27NO7/c1-32-22-13-17(6-9-21(22)29)12-20(18-14-23(33-2)25(30)24(15-18)34-3)26(31)27-11-10-16-4-7-19(28)8-5-16/h4-9,12-15,28-30H,10-11H2,1-3H3,(H,27,31). The van der Waals surface area contributed by atoms with Gasteiger partial charge in [0.1, 0.15) is 5.75 Å². The van der Waals surface area contributed by atoms with E-state index in [0.29, 0.717) is 24.1 Å². The van der Waals surface area contributed by atoms with E-state index in [-0.39, 0.29) is 46.0 Å². The van der Waals surface area contributed by atoms with Crippen LogP contribution in [0.2, 0.25) is 0 Å². The Morgan fingerprint density at radius 3 is 2.06 bits per heavy atom. The summed E-state index contributed by atoms with van der Waals surface area (Å²) in [5, 5.41) is 32.5. The van der Waals surface area contributed by atoms with E-state index in [2.05, 4.69) is 5.32 Å². The van der Waals surface area contributed by atoms with Gasteiger partial charge in [0.25, 0.3) is 5.91 Å². The highest BCUT2D eigenvalue weighted by Gasteiger charge is 2.18. The zero-order valence-electron chi connectivity index (χ0n) is 19.2. The molecule has 0 saturated heterocycles. The first-order chi connectivity index (χ1) is 16.4. The maximum absolute atomic E-state index is 13.3. The monoisotopic (exact) mass is 465 g/mol. The summed E-state index contributed by atoms with van der Waals surface area (Å²) in [6, 6.07) is 14.6. The van der Waals surface area contributed by atoms with Crippen molar-refractivity contribution in [3.63, 3.8) is 0 Å². The van der Waals surface area contributed by atoms with Crippen LogP contribution in [0, 0.1) is 0 Å². The van der Waals surface area contributed by atoms with Crippen LogP contribution in [0.3, 0.4) is 0 Å². The first-order valence-electron chi connectivity index (χ1n) is 10.5. The maximum Gasteiger partial charge on any atom is 0.251 e. The molecule has 3 aromatic rings. The summed E-state index contributed by atoms with van der Waals surface area (Å²) in [6.45, 7) is 0.353. The highest BCUT2D eigenvalue weighted by Crippen LogP contribution is 2.39. The highest BCUT2D eigenvalue weighted by molar-refractivity contribution is 6.24. The van der Waals surface area contributed by atoms with Crippen molar-refractivity contribution in [1.29, 1.82) is 0 Å². The van der Waals surface area contributed by atoms with E-state index in [1.54, 1.807) is 54.6 Å². The zero-order chi connectivity index (χ0) is 24.7. The molecule has 1 amide bonds. The van der Waals surface area contributed by atoms with Gasteiger partial charge in [0.2, 0.25) is 5.75 Å². The number of hydrogen-bond donors (Lipinski definition) is 4. The van der Waals surface area contributed by atoms with Crippen LogP contribution < -0.4 is 19.5 Å². The second-order valence-corrected chi connectivity index (χ2v) is 7.39. The molecule has 0 heterocycles. The van der Waals surface area contributed by atoms with Gasteiger partial charge in [-0.15, -0.1) is 0 Å². The second kappa shape index (κ2) is 11.0. The van der Waals surface area contributed by atoms with E-state index in [0.717, 1.165) is 5.56 Å². The number of phenolic OH excluding ortho intramolecular Hbond substituents is 3. The Balaban J connectivity index is 1.96. The summed E-state index contributed by atoms with van der Waals surface area (Å²) >= 11 is 0. The number of aromatic hydroxyl groups is 3. The Kier molecular flexibility index (Phi) is 7.87. The van der Waals surface area contributed by atoms with Crippen LogP contribution in [-0.2, 0) is 11.2 Å². The molecule has 4 N–H and O–H groups in total. The van der Waals surface area contributed by atoms with Gasteiger partial charge >= 0.3 is 0 Å². The number of benzene rings is 3. The molecule has 8 heteroatoms. The normalized spacial score (nSPS) is 11.1. The van der Waals surface area contributed by atoms with Gasteiger partial charge in [-0.3, -0.25) is 4.79 Å². The summed E-state index contributed by atoms with van der Waals surface area (Å²) in [7, 11) is 4.25. The molecule has 0 bridgehead atoms. The van der Waals surface area contributed by atoms with Crippen molar-refractivity contribution in [2.45, 2.75) is 6.42 Å². The van der Waals surface area contributed by atoms with Gasteiger partial charge in [-0.2, -0.15) is 0 Å². The third-order valence-corrected chi connectivity index (χ3v) is 5.19. The number of hydrogen-bond acceptors (Lipinski definition) is 7. The molecule has 0 radical (unpaired) electrons. The Hall–Kier alpha value is -4.33. The van der Waals surface area contributed by atoms with Crippen LogP contribution >= 0.6 is 0 Å². The minimum atomic E-state index is -0.361. The van der Waals surface area contributed by atoms with E-state index < -0.39 is 0 Å². The summed E-state index contributed by atoms with van der Waals surface area (Å²) in [5.74, 6) is 0.195. The van der Waals surface area contributed by atoms with Crippen LogP contribution in [0.1, 0.15) is 16.7 Å². The lowest BCUT2D eigenvalue weighted by Crippen LogP contribution is -2.26. The third-order valence-electron chi connectivity index (χ3n) is 5.19. The number of ether oxygens (including phenoxy) is 3. The molecule has 8 nitrogen and oxygen atoms in total. The average Bonchev–Trinajstić information content (AvgIpc) is 2.84. The molecule has 178 valence electrons. The SMILES string of the molecule is COc1cc(C=C(C(=O)NCCc2ccc(O)cc2)c2cc(OC)c(O)c(OC)c2)ccc1O. The lowest BCUT2D eigenvalue weighted by Gasteiger charge is -2.14. The van der Waals surface area contributed by atoms with E-state index in [1.165, 1.54) is 27.4 Å². The molecule has 0 aliphatic rings. The average molecular weight is 466 g/mol. The van der Waals surface area contributed by atoms with E-state index in [1.807, 2.05) is 0 Å². The second-order valence-electron chi connectivity index (χ2n) is 7.39. The first-order valence-corrected chi connectivity index (χ1v) is 10.5. The molecule has 0 aliphatic carbocycles. The van der Waals surface area contributed by atoms with E-state index >= 15 is 0 Å². The molecule has 0 spiro atoms. The Morgan fingerprint density at radius 1 is 0.853 bits per heavy atom. The summed E-state index contributed by atoms with van der Waals surface area (Å²) in [6.07, 6.45) is 2.21. The lowest BCUT2D eigenvalue weighted by molar-refractivity contribution is -0.115. The van der Waals surface area contributed by atoms with Gasteiger partial charge in [-0.1, -0.05) is 18.2 Å². The van der Waals surface area contributed by atoms with Gasteiger partial charge < -0.3 is 34.8 Å². The van der Waals surface area contributed by atoms with Crippen LogP contribution in [0.5, 0.6) is 34.5 Å². The van der Waals surface area contributed by atoms with Crippen molar-refractivity contribution in [2.75, 3.05) is 27.9 Å². The molecular formula is C26H27NO7. The fourth-order valence-corrected chi connectivity index (χ4v) is 3.36. The van der Waals surface area contributed by atoms with Gasteiger partial charge in [0.05, 0.1) is 21.3 Å². The van der Waals surface area contributed by atoms with E-state index in [9.17, 15) is 20.1 Å². The number of rotatable bonds is 9. The molecule has 0 saturated carbocycles. The van der Waals surface area contributed by atoms with Crippen LogP contribution in [0.15, 0.2) is 54.6 Å². The molecule has 0 aromatic heterocycles. The molecule has 0 aliphatic heterocycles. The number of nitrogens with one attached hydrogen (secondary N) is 1. The predicted octanol–water partition coefficient (Wildman–Crippen LogP) is 3.73. The lowest BCUT2D eigenvalue weighted by atomic mass is 10.00. The van der Waals surface area contributed by atoms with Crippen molar-refractivity contribution in [2.24, 2.45) is 0 Å².